The first-order valence-electron chi connectivity index (χ1n) is 11.5. The molecule has 3 saturated carbocycles. The molecule has 31 heavy (non-hydrogen) atoms. The highest BCUT2D eigenvalue weighted by Crippen LogP contribution is 2.74. The molecule has 0 spiro atoms. The molecule has 0 aromatic heterocycles. The minimum Gasteiger partial charge on any atom is -0.393 e. The average molecular weight is 441 g/mol. The minimum absolute atomic E-state index is 0.138. The molecule has 4 aliphatic carbocycles. The van der Waals surface area contributed by atoms with Crippen molar-refractivity contribution in [1.29, 1.82) is 0 Å². The van der Waals surface area contributed by atoms with Crippen LogP contribution in [0.25, 0.3) is 0 Å². The van der Waals surface area contributed by atoms with E-state index in [1.165, 1.54) is 0 Å². The van der Waals surface area contributed by atoms with E-state index in [0.29, 0.717) is 38.0 Å². The molecule has 0 aromatic carbocycles. The van der Waals surface area contributed by atoms with E-state index in [2.05, 4.69) is 0 Å². The van der Waals surface area contributed by atoms with Crippen LogP contribution in [0.15, 0.2) is 11.6 Å². The van der Waals surface area contributed by atoms with Gasteiger partial charge in [-0.15, -0.1) is 0 Å². The SMILES string of the molecule is CC1([C@H]2CC[C@@]3(O)[C@]4(O)CC=C5C[C@@H](O)CC[C@]5(C)[C@@]4(O)C(O)(O)C[C@]23C)OCCO1. The molecule has 5 rings (SSSR count). The lowest BCUT2D eigenvalue weighted by molar-refractivity contribution is -0.440. The van der Waals surface area contributed by atoms with Gasteiger partial charge in [0.25, 0.3) is 0 Å². The van der Waals surface area contributed by atoms with Crippen LogP contribution in [0, 0.1) is 16.7 Å². The van der Waals surface area contributed by atoms with Gasteiger partial charge in [0.15, 0.2) is 17.2 Å². The third-order valence-electron chi connectivity index (χ3n) is 10.1. The summed E-state index contributed by atoms with van der Waals surface area (Å²) in [6, 6.07) is 0. The average Bonchev–Trinajstić information content (AvgIpc) is 3.22. The van der Waals surface area contributed by atoms with Crippen LogP contribution in [0.3, 0.4) is 0 Å². The smallest absolute Gasteiger partial charge is 0.196 e. The van der Waals surface area contributed by atoms with Crippen molar-refractivity contribution >= 4 is 0 Å². The van der Waals surface area contributed by atoms with Crippen LogP contribution in [-0.2, 0) is 9.47 Å². The zero-order valence-electron chi connectivity index (χ0n) is 18.6. The third kappa shape index (κ3) is 2.24. The molecule has 8 nitrogen and oxygen atoms in total. The number of aliphatic hydroxyl groups excluding tert-OH is 1. The number of ether oxygens (including phenoxy) is 2. The highest BCUT2D eigenvalue weighted by Gasteiger charge is 2.86. The quantitative estimate of drug-likeness (QED) is 0.253. The van der Waals surface area contributed by atoms with Crippen LogP contribution in [0.4, 0.5) is 0 Å². The highest BCUT2D eigenvalue weighted by atomic mass is 16.7. The zero-order chi connectivity index (χ0) is 22.7. The number of hydrogen-bond donors (Lipinski definition) is 6. The van der Waals surface area contributed by atoms with E-state index in [-0.39, 0.29) is 25.7 Å². The number of rotatable bonds is 1. The van der Waals surface area contributed by atoms with E-state index in [1.807, 2.05) is 0 Å². The molecule has 1 aliphatic heterocycles. The van der Waals surface area contributed by atoms with Crippen molar-refractivity contribution in [1.82, 2.24) is 0 Å². The van der Waals surface area contributed by atoms with Gasteiger partial charge >= 0.3 is 0 Å². The second-order valence-corrected chi connectivity index (χ2v) is 11.3. The first kappa shape index (κ1) is 22.2. The summed E-state index contributed by atoms with van der Waals surface area (Å²) in [5, 5.41) is 69.7. The van der Waals surface area contributed by atoms with Crippen LogP contribution in [0.5, 0.6) is 0 Å². The van der Waals surface area contributed by atoms with Gasteiger partial charge < -0.3 is 40.1 Å². The molecule has 7 atom stereocenters. The van der Waals surface area contributed by atoms with Crippen LogP contribution in [0.2, 0.25) is 0 Å². The number of fused-ring (bicyclic) bond motifs is 5. The molecule has 0 unspecified atom stereocenters. The maximum Gasteiger partial charge on any atom is 0.196 e. The predicted octanol–water partition coefficient (Wildman–Crippen LogP) is 0.325. The Hall–Kier alpha value is -0.580. The Bertz CT molecular complexity index is 820. The Morgan fingerprint density at radius 2 is 1.55 bits per heavy atom. The van der Waals surface area contributed by atoms with E-state index < -0.39 is 51.2 Å². The fourth-order valence-corrected chi connectivity index (χ4v) is 8.44. The third-order valence-corrected chi connectivity index (χ3v) is 10.1. The summed E-state index contributed by atoms with van der Waals surface area (Å²) < 4.78 is 11.8. The molecule has 0 aromatic rings. The first-order chi connectivity index (χ1) is 14.2. The lowest BCUT2D eigenvalue weighted by Gasteiger charge is -2.72. The molecule has 5 aliphatic rings. The summed E-state index contributed by atoms with van der Waals surface area (Å²) in [4.78, 5) is 0. The van der Waals surface area contributed by atoms with Gasteiger partial charge in [-0.2, -0.15) is 0 Å². The van der Waals surface area contributed by atoms with Gasteiger partial charge in [-0.05, 0) is 39.0 Å². The monoisotopic (exact) mass is 440 g/mol. The van der Waals surface area contributed by atoms with Crippen molar-refractivity contribution < 1.29 is 40.1 Å². The summed E-state index contributed by atoms with van der Waals surface area (Å²) >= 11 is 0. The molecule has 0 amide bonds. The Balaban J connectivity index is 1.69. The van der Waals surface area contributed by atoms with Crippen molar-refractivity contribution in [2.75, 3.05) is 13.2 Å². The van der Waals surface area contributed by atoms with Gasteiger partial charge in [0.05, 0.1) is 19.3 Å². The second kappa shape index (κ2) is 6.10. The summed E-state index contributed by atoms with van der Waals surface area (Å²) in [5.41, 5.74) is -8.12. The molecule has 1 heterocycles. The Morgan fingerprint density at radius 1 is 0.903 bits per heavy atom. The second-order valence-electron chi connectivity index (χ2n) is 11.3. The molecule has 1 saturated heterocycles. The lowest BCUT2D eigenvalue weighted by Crippen LogP contribution is -2.88. The fraction of sp³-hybridized carbons (Fsp3) is 0.913. The Labute approximate surface area is 182 Å². The van der Waals surface area contributed by atoms with Crippen LogP contribution in [0.1, 0.15) is 65.7 Å². The van der Waals surface area contributed by atoms with Gasteiger partial charge in [0, 0.05) is 29.6 Å². The highest BCUT2D eigenvalue weighted by molar-refractivity contribution is 5.41. The van der Waals surface area contributed by atoms with E-state index in [0.717, 1.165) is 0 Å². The summed E-state index contributed by atoms with van der Waals surface area (Å²) in [7, 11) is 0. The largest absolute Gasteiger partial charge is 0.393 e. The van der Waals surface area contributed by atoms with Gasteiger partial charge in [-0.25, -0.2) is 0 Å². The van der Waals surface area contributed by atoms with Crippen molar-refractivity contribution in [3.8, 4) is 0 Å². The fourth-order valence-electron chi connectivity index (χ4n) is 8.44. The lowest BCUT2D eigenvalue weighted by atomic mass is 9.39. The van der Waals surface area contributed by atoms with E-state index in [4.69, 9.17) is 9.47 Å². The predicted molar refractivity (Wildman–Crippen MR) is 108 cm³/mol. The molecule has 176 valence electrons. The normalized spacial score (nSPS) is 55.2. The van der Waals surface area contributed by atoms with Gasteiger partial charge in [0.1, 0.15) is 11.2 Å². The Kier molecular flexibility index (Phi) is 4.37. The van der Waals surface area contributed by atoms with E-state index in [9.17, 15) is 30.6 Å². The van der Waals surface area contributed by atoms with Crippen molar-refractivity contribution in [2.24, 2.45) is 16.7 Å². The van der Waals surface area contributed by atoms with Gasteiger partial charge in [-0.3, -0.25) is 0 Å². The Morgan fingerprint density at radius 3 is 2.19 bits per heavy atom. The minimum atomic E-state index is -2.68. The summed E-state index contributed by atoms with van der Waals surface area (Å²) in [5.74, 6) is -4.11. The van der Waals surface area contributed by atoms with E-state index >= 15 is 0 Å². The molecular formula is C23H36O8. The van der Waals surface area contributed by atoms with Gasteiger partial charge in [0.2, 0.25) is 0 Å². The van der Waals surface area contributed by atoms with Gasteiger partial charge in [-0.1, -0.05) is 25.5 Å². The first-order valence-corrected chi connectivity index (χ1v) is 11.5. The van der Waals surface area contributed by atoms with E-state index in [1.54, 1.807) is 26.8 Å². The standard InChI is InChI=1S/C23H36O8/c1-17-7-5-15(24)12-14(17)4-8-21(26)20(25)9-6-16(19(3)30-10-11-31-19)18(20,2)13-22(27,28)23(17,21)29/h4,15-16,24-29H,5-13H2,1-3H3/t15-,16-,17-,18+,20-,21+,23-/m0/s1. The molecule has 0 bridgehead atoms. The maximum atomic E-state index is 12.2. The molecule has 4 fully saturated rings. The summed E-state index contributed by atoms with van der Waals surface area (Å²) in [6.45, 7) is 6.06. The molecule has 8 heteroatoms. The summed E-state index contributed by atoms with van der Waals surface area (Å²) in [6.07, 6.45) is 2.26. The maximum absolute atomic E-state index is 12.2. The molecular weight excluding hydrogens is 404 g/mol. The van der Waals surface area contributed by atoms with Crippen molar-refractivity contribution in [2.45, 2.75) is 100 Å². The van der Waals surface area contributed by atoms with Crippen LogP contribution in [-0.4, -0.2) is 78.3 Å². The van der Waals surface area contributed by atoms with Crippen LogP contribution >= 0.6 is 0 Å². The van der Waals surface area contributed by atoms with Crippen LogP contribution < -0.4 is 0 Å². The topological polar surface area (TPSA) is 140 Å². The number of hydrogen-bond acceptors (Lipinski definition) is 8. The molecule has 0 radical (unpaired) electrons. The van der Waals surface area contributed by atoms with Crippen molar-refractivity contribution in [3.05, 3.63) is 11.6 Å². The number of aliphatic hydroxyl groups is 6. The van der Waals surface area contributed by atoms with Crippen molar-refractivity contribution in [3.63, 3.8) is 0 Å². The zero-order valence-corrected chi connectivity index (χ0v) is 18.6. The molecule has 6 N–H and O–H groups in total.